The van der Waals surface area contributed by atoms with Crippen LogP contribution in [0.5, 0.6) is 0 Å². The van der Waals surface area contributed by atoms with Gasteiger partial charge in [0.2, 0.25) is 6.10 Å². The summed E-state index contributed by atoms with van der Waals surface area (Å²) in [6, 6.07) is 15.0. The van der Waals surface area contributed by atoms with Crippen LogP contribution in [0.15, 0.2) is 65.2 Å². The fraction of sp³-hybridized carbons (Fsp3) is 0.182. The highest BCUT2D eigenvalue weighted by Crippen LogP contribution is 2.24. The number of hydrogen-bond acceptors (Lipinski definition) is 6. The van der Waals surface area contributed by atoms with Crippen LogP contribution in [0.4, 0.5) is 10.6 Å². The Kier molecular flexibility index (Phi) is 7.45. The predicted molar refractivity (Wildman–Crippen MR) is 117 cm³/mol. The van der Waals surface area contributed by atoms with E-state index in [9.17, 15) is 14.4 Å². The van der Waals surface area contributed by atoms with Crippen molar-refractivity contribution in [2.45, 2.75) is 25.5 Å². The van der Waals surface area contributed by atoms with Crippen LogP contribution >= 0.6 is 11.6 Å². The molecule has 9 nitrogen and oxygen atoms in total. The van der Waals surface area contributed by atoms with Crippen molar-refractivity contribution in [3.05, 3.63) is 82.6 Å². The Labute approximate surface area is 188 Å². The van der Waals surface area contributed by atoms with Gasteiger partial charge in [0.15, 0.2) is 5.82 Å². The molecule has 0 radical (unpaired) electrons. The van der Waals surface area contributed by atoms with Gasteiger partial charge in [-0.1, -0.05) is 59.2 Å². The van der Waals surface area contributed by atoms with Crippen molar-refractivity contribution in [1.29, 1.82) is 0 Å². The maximum atomic E-state index is 12.9. The number of urea groups is 1. The summed E-state index contributed by atoms with van der Waals surface area (Å²) in [6.07, 6.45) is -1.51. The number of aromatic nitrogens is 1. The molecule has 2 atom stereocenters. The maximum Gasteiger partial charge on any atom is 0.312 e. The van der Waals surface area contributed by atoms with Crippen LogP contribution in [0.1, 0.15) is 35.5 Å². The first-order valence-electron chi connectivity index (χ1n) is 9.62. The molecule has 4 N–H and O–H groups in total. The van der Waals surface area contributed by atoms with Gasteiger partial charge in [-0.05, 0) is 24.6 Å². The van der Waals surface area contributed by atoms with Crippen molar-refractivity contribution >= 4 is 35.3 Å². The zero-order chi connectivity index (χ0) is 23.1. The second-order valence-electron chi connectivity index (χ2n) is 6.91. The number of esters is 1. The topological polar surface area (TPSA) is 137 Å². The fourth-order valence-electron chi connectivity index (χ4n) is 2.98. The van der Waals surface area contributed by atoms with Gasteiger partial charge in [0.25, 0.3) is 5.91 Å². The number of rotatable bonds is 8. The second kappa shape index (κ2) is 10.5. The van der Waals surface area contributed by atoms with Gasteiger partial charge >= 0.3 is 12.0 Å². The van der Waals surface area contributed by atoms with Gasteiger partial charge in [-0.25, -0.2) is 4.79 Å². The van der Waals surface area contributed by atoms with Gasteiger partial charge in [0.05, 0.1) is 12.5 Å². The summed E-state index contributed by atoms with van der Waals surface area (Å²) in [7, 11) is 0. The number of aryl methyl sites for hydroxylation is 1. The molecule has 2 aromatic carbocycles. The minimum atomic E-state index is -1.25. The molecule has 0 aliphatic carbocycles. The number of carbonyl (C=O) groups excluding carboxylic acids is 3. The molecule has 0 spiro atoms. The smallest absolute Gasteiger partial charge is 0.312 e. The Balaban J connectivity index is 1.77. The molecule has 0 aliphatic rings. The van der Waals surface area contributed by atoms with Gasteiger partial charge in [0, 0.05) is 16.7 Å². The Morgan fingerprint density at radius 2 is 1.78 bits per heavy atom. The monoisotopic (exact) mass is 456 g/mol. The minimum Gasteiger partial charge on any atom is -0.447 e. The van der Waals surface area contributed by atoms with E-state index in [1.807, 2.05) is 0 Å². The van der Waals surface area contributed by atoms with E-state index in [2.05, 4.69) is 15.8 Å². The number of ether oxygens (including phenoxy) is 1. The number of nitrogens with two attached hydrogens (primary N) is 1. The highest BCUT2D eigenvalue weighted by molar-refractivity contribution is 6.30. The molecule has 10 heteroatoms. The number of hydrogen-bond donors (Lipinski definition) is 3. The van der Waals surface area contributed by atoms with Crippen LogP contribution in [0, 0.1) is 6.92 Å². The van der Waals surface area contributed by atoms with Gasteiger partial charge in [0.1, 0.15) is 5.76 Å². The summed E-state index contributed by atoms with van der Waals surface area (Å²) < 4.78 is 10.5. The third kappa shape index (κ3) is 6.32. The highest BCUT2D eigenvalue weighted by atomic mass is 35.5. The Morgan fingerprint density at radius 1 is 1.09 bits per heavy atom. The van der Waals surface area contributed by atoms with Crippen molar-refractivity contribution in [2.75, 3.05) is 5.32 Å². The van der Waals surface area contributed by atoms with Crippen molar-refractivity contribution < 1.29 is 23.6 Å². The zero-order valence-electron chi connectivity index (χ0n) is 17.1. The van der Waals surface area contributed by atoms with Crippen LogP contribution in [-0.2, 0) is 14.3 Å². The van der Waals surface area contributed by atoms with Crippen molar-refractivity contribution in [1.82, 2.24) is 10.5 Å². The van der Waals surface area contributed by atoms with E-state index >= 15 is 0 Å². The number of carbonyl (C=O) groups is 3. The molecule has 0 saturated carbocycles. The lowest BCUT2D eigenvalue weighted by Gasteiger charge is -2.21. The molecule has 1 heterocycles. The van der Waals surface area contributed by atoms with Gasteiger partial charge in [-0.15, -0.1) is 0 Å². The van der Waals surface area contributed by atoms with E-state index in [1.165, 1.54) is 6.07 Å². The summed E-state index contributed by atoms with van der Waals surface area (Å²) in [5, 5.41) is 9.29. The molecule has 3 amide bonds. The maximum absolute atomic E-state index is 12.9. The summed E-state index contributed by atoms with van der Waals surface area (Å²) in [5.41, 5.74) is 6.32. The van der Waals surface area contributed by atoms with Crippen LogP contribution in [0.3, 0.4) is 0 Å². The van der Waals surface area contributed by atoms with Crippen molar-refractivity contribution in [3.8, 4) is 0 Å². The highest BCUT2D eigenvalue weighted by Gasteiger charge is 2.28. The van der Waals surface area contributed by atoms with Crippen LogP contribution < -0.4 is 16.4 Å². The molecule has 0 fully saturated rings. The van der Waals surface area contributed by atoms with Gasteiger partial charge < -0.3 is 25.6 Å². The van der Waals surface area contributed by atoms with Crippen LogP contribution in [0.2, 0.25) is 5.02 Å². The van der Waals surface area contributed by atoms with E-state index in [1.54, 1.807) is 61.5 Å². The second-order valence-corrected chi connectivity index (χ2v) is 7.35. The summed E-state index contributed by atoms with van der Waals surface area (Å²) >= 11 is 5.91. The molecule has 0 saturated heterocycles. The molecule has 0 aliphatic heterocycles. The lowest BCUT2D eigenvalue weighted by molar-refractivity contribution is -0.155. The van der Waals surface area contributed by atoms with Crippen LogP contribution in [-0.4, -0.2) is 23.1 Å². The Morgan fingerprint density at radius 3 is 2.38 bits per heavy atom. The lowest BCUT2D eigenvalue weighted by Crippen LogP contribution is -2.35. The standard InChI is InChI=1S/C22H21ClN4O5/c1-13-11-18(27-32-13)26-21(29)20(15-5-3-2-4-6-15)31-19(28)12-17(25-22(24)30)14-7-9-16(23)10-8-14/h2-11,17,20H,12H2,1H3,(H3,24,25,30)(H,26,27,29). The molecule has 1 aromatic heterocycles. The Hall–Kier alpha value is -3.85. The normalized spacial score (nSPS) is 12.4. The number of amides is 3. The number of anilines is 1. The molecule has 32 heavy (non-hydrogen) atoms. The summed E-state index contributed by atoms with van der Waals surface area (Å²) in [6.45, 7) is 1.68. The lowest BCUT2D eigenvalue weighted by atomic mass is 10.0. The number of halogens is 1. The minimum absolute atomic E-state index is 0.193. The quantitative estimate of drug-likeness (QED) is 0.442. The van der Waals surface area contributed by atoms with E-state index in [0.29, 0.717) is 21.9 Å². The van der Waals surface area contributed by atoms with Crippen LogP contribution in [0.25, 0.3) is 0 Å². The average Bonchev–Trinajstić information content (AvgIpc) is 3.16. The average molecular weight is 457 g/mol. The fourth-order valence-corrected chi connectivity index (χ4v) is 3.11. The molecular weight excluding hydrogens is 436 g/mol. The molecule has 0 bridgehead atoms. The third-order valence-electron chi connectivity index (χ3n) is 4.43. The number of nitrogens with zero attached hydrogens (tertiary/aromatic N) is 1. The van der Waals surface area contributed by atoms with E-state index in [-0.39, 0.29) is 12.2 Å². The van der Waals surface area contributed by atoms with E-state index < -0.39 is 30.1 Å². The summed E-state index contributed by atoms with van der Waals surface area (Å²) in [4.78, 5) is 37.1. The first kappa shape index (κ1) is 22.8. The SMILES string of the molecule is Cc1cc(NC(=O)C(OC(=O)CC(NC(N)=O)c2ccc(Cl)cc2)c2ccccc2)no1. The molecule has 2 unspecified atom stereocenters. The molecule has 166 valence electrons. The van der Waals surface area contributed by atoms with Gasteiger partial charge in [-0.3, -0.25) is 9.59 Å². The largest absolute Gasteiger partial charge is 0.447 e. The third-order valence-corrected chi connectivity index (χ3v) is 4.68. The first-order valence-corrected chi connectivity index (χ1v) is 9.99. The number of benzene rings is 2. The number of primary amides is 1. The molecular formula is C22H21ClN4O5. The van der Waals surface area contributed by atoms with E-state index in [4.69, 9.17) is 26.6 Å². The molecule has 3 aromatic rings. The number of nitrogens with one attached hydrogen (secondary N) is 2. The summed E-state index contributed by atoms with van der Waals surface area (Å²) in [5.74, 6) is -0.626. The predicted octanol–water partition coefficient (Wildman–Crippen LogP) is 3.66. The van der Waals surface area contributed by atoms with Gasteiger partial charge in [-0.2, -0.15) is 0 Å². The Bertz CT molecular complexity index is 1090. The van der Waals surface area contributed by atoms with Crippen molar-refractivity contribution in [3.63, 3.8) is 0 Å². The van der Waals surface area contributed by atoms with E-state index in [0.717, 1.165) is 0 Å². The van der Waals surface area contributed by atoms with Crippen molar-refractivity contribution in [2.24, 2.45) is 5.73 Å². The first-order chi connectivity index (χ1) is 15.3. The zero-order valence-corrected chi connectivity index (χ0v) is 17.8. The molecule has 3 rings (SSSR count).